The summed E-state index contributed by atoms with van der Waals surface area (Å²) in [5, 5.41) is 0. The van der Waals surface area contributed by atoms with Crippen molar-refractivity contribution in [1.82, 2.24) is 0 Å². The van der Waals surface area contributed by atoms with Crippen LogP contribution in [0.1, 0.15) is 22.8 Å². The molecule has 0 atom stereocenters. The van der Waals surface area contributed by atoms with Crippen LogP contribution in [0.15, 0.2) is 18.2 Å². The fourth-order valence-corrected chi connectivity index (χ4v) is 1.35. The van der Waals surface area contributed by atoms with E-state index in [-0.39, 0.29) is 11.3 Å². The zero-order valence-electron chi connectivity index (χ0n) is 10.2. The van der Waals surface area contributed by atoms with Crippen LogP contribution in [0.5, 0.6) is 5.75 Å². The van der Waals surface area contributed by atoms with Gasteiger partial charge in [-0.1, -0.05) is 0 Å². The van der Waals surface area contributed by atoms with Gasteiger partial charge >= 0.3 is 12.1 Å². The molecule has 0 fully saturated rings. The van der Waals surface area contributed by atoms with E-state index in [0.29, 0.717) is 6.07 Å². The number of hydrogen-bond donors (Lipinski definition) is 0. The summed E-state index contributed by atoms with van der Waals surface area (Å²) < 4.78 is 47.2. The fourth-order valence-electron chi connectivity index (χ4n) is 1.35. The Morgan fingerprint density at radius 2 is 1.89 bits per heavy atom. The van der Waals surface area contributed by atoms with E-state index in [9.17, 15) is 22.8 Å². The molecular weight excluding hydrogens is 265 g/mol. The van der Waals surface area contributed by atoms with Gasteiger partial charge in [0.2, 0.25) is 0 Å². The standard InChI is InChI=1S/C12H11F3O4/c1-7(16)19-6-10(17)8-3-4-11(18-2)9(5-8)12(13,14)15/h3-5H,6H2,1-2H3. The summed E-state index contributed by atoms with van der Waals surface area (Å²) >= 11 is 0. The third-order valence-corrected chi connectivity index (χ3v) is 2.23. The monoisotopic (exact) mass is 276 g/mol. The summed E-state index contributed by atoms with van der Waals surface area (Å²) in [6, 6.07) is 2.90. The summed E-state index contributed by atoms with van der Waals surface area (Å²) in [5.74, 6) is -1.78. The summed E-state index contributed by atoms with van der Waals surface area (Å²) in [4.78, 5) is 22.1. The summed E-state index contributed by atoms with van der Waals surface area (Å²) in [5.41, 5.74) is -1.25. The van der Waals surface area contributed by atoms with Gasteiger partial charge in [-0.25, -0.2) is 0 Å². The van der Waals surface area contributed by atoms with Crippen molar-refractivity contribution in [3.63, 3.8) is 0 Å². The second-order valence-electron chi connectivity index (χ2n) is 3.62. The van der Waals surface area contributed by atoms with Gasteiger partial charge in [0.25, 0.3) is 0 Å². The molecule has 7 heteroatoms. The number of methoxy groups -OCH3 is 1. The highest BCUT2D eigenvalue weighted by Crippen LogP contribution is 2.36. The molecule has 0 aliphatic carbocycles. The molecule has 0 spiro atoms. The Morgan fingerprint density at radius 3 is 2.37 bits per heavy atom. The normalized spacial score (nSPS) is 11.0. The third kappa shape index (κ3) is 3.97. The van der Waals surface area contributed by atoms with Crippen molar-refractivity contribution in [3.8, 4) is 5.75 Å². The third-order valence-electron chi connectivity index (χ3n) is 2.23. The lowest BCUT2D eigenvalue weighted by Gasteiger charge is -2.13. The van der Waals surface area contributed by atoms with Crippen LogP contribution in [0.2, 0.25) is 0 Å². The van der Waals surface area contributed by atoms with Crippen molar-refractivity contribution in [2.24, 2.45) is 0 Å². The average molecular weight is 276 g/mol. The topological polar surface area (TPSA) is 52.6 Å². The Labute approximate surface area is 107 Å². The zero-order chi connectivity index (χ0) is 14.6. The molecule has 0 amide bonds. The quantitative estimate of drug-likeness (QED) is 0.626. The van der Waals surface area contributed by atoms with Crippen LogP contribution in [0, 0.1) is 0 Å². The molecule has 1 aromatic carbocycles. The molecule has 4 nitrogen and oxygen atoms in total. The van der Waals surface area contributed by atoms with Gasteiger partial charge in [-0.2, -0.15) is 13.2 Å². The van der Waals surface area contributed by atoms with E-state index < -0.39 is 30.1 Å². The van der Waals surface area contributed by atoms with Gasteiger partial charge < -0.3 is 9.47 Å². The van der Waals surface area contributed by atoms with E-state index in [0.717, 1.165) is 20.1 Å². The van der Waals surface area contributed by atoms with Crippen molar-refractivity contribution in [2.75, 3.05) is 13.7 Å². The number of benzene rings is 1. The molecule has 104 valence electrons. The van der Waals surface area contributed by atoms with Crippen LogP contribution in [-0.4, -0.2) is 25.5 Å². The highest BCUT2D eigenvalue weighted by Gasteiger charge is 2.35. The van der Waals surface area contributed by atoms with E-state index in [1.165, 1.54) is 6.07 Å². The molecule has 0 heterocycles. The Hall–Kier alpha value is -2.05. The maximum Gasteiger partial charge on any atom is 0.419 e. The summed E-state index contributed by atoms with van der Waals surface area (Å²) in [6.07, 6.45) is -4.64. The minimum Gasteiger partial charge on any atom is -0.496 e. The van der Waals surface area contributed by atoms with Crippen LogP contribution in [0.3, 0.4) is 0 Å². The van der Waals surface area contributed by atoms with Crippen LogP contribution >= 0.6 is 0 Å². The van der Waals surface area contributed by atoms with Crippen molar-refractivity contribution in [1.29, 1.82) is 0 Å². The SMILES string of the molecule is COc1ccc(C(=O)COC(C)=O)cc1C(F)(F)F. The number of ether oxygens (including phenoxy) is 2. The lowest BCUT2D eigenvalue weighted by Crippen LogP contribution is -2.14. The lowest BCUT2D eigenvalue weighted by atomic mass is 10.1. The largest absolute Gasteiger partial charge is 0.496 e. The minimum atomic E-state index is -4.64. The van der Waals surface area contributed by atoms with Gasteiger partial charge in [0.15, 0.2) is 12.4 Å². The molecule has 0 saturated heterocycles. The molecule has 19 heavy (non-hydrogen) atoms. The number of alkyl halides is 3. The Balaban J connectivity index is 3.05. The van der Waals surface area contributed by atoms with Crippen molar-refractivity contribution < 1.29 is 32.2 Å². The average Bonchev–Trinajstić information content (AvgIpc) is 2.34. The molecule has 0 saturated carbocycles. The number of hydrogen-bond acceptors (Lipinski definition) is 4. The summed E-state index contributed by atoms with van der Waals surface area (Å²) in [6.45, 7) is 0.501. The van der Waals surface area contributed by atoms with Crippen LogP contribution in [0.25, 0.3) is 0 Å². The first-order chi connectivity index (χ1) is 8.75. The number of halogens is 3. The van der Waals surface area contributed by atoms with Crippen LogP contribution < -0.4 is 4.74 Å². The smallest absolute Gasteiger partial charge is 0.419 e. The predicted octanol–water partition coefficient (Wildman–Crippen LogP) is 2.46. The van der Waals surface area contributed by atoms with Crippen molar-refractivity contribution in [3.05, 3.63) is 29.3 Å². The number of rotatable bonds is 4. The number of carbonyl (C=O) groups is 2. The molecule has 0 N–H and O–H groups in total. The maximum atomic E-state index is 12.7. The van der Waals surface area contributed by atoms with E-state index >= 15 is 0 Å². The molecule has 0 bridgehead atoms. The Kier molecular flexibility index (Phi) is 4.52. The molecule has 0 aliphatic rings. The highest BCUT2D eigenvalue weighted by atomic mass is 19.4. The van der Waals surface area contributed by atoms with Gasteiger partial charge in [-0.15, -0.1) is 0 Å². The zero-order valence-corrected chi connectivity index (χ0v) is 10.2. The van der Waals surface area contributed by atoms with Gasteiger partial charge in [0.05, 0.1) is 12.7 Å². The molecule has 0 aromatic heterocycles. The van der Waals surface area contributed by atoms with Crippen LogP contribution in [-0.2, 0) is 15.7 Å². The van der Waals surface area contributed by atoms with E-state index in [1.807, 2.05) is 0 Å². The second-order valence-corrected chi connectivity index (χ2v) is 3.62. The van der Waals surface area contributed by atoms with Crippen LogP contribution in [0.4, 0.5) is 13.2 Å². The first-order valence-corrected chi connectivity index (χ1v) is 5.17. The Bertz CT molecular complexity index is 494. The molecule has 1 aromatic rings. The number of carbonyl (C=O) groups excluding carboxylic acids is 2. The Morgan fingerprint density at radius 1 is 1.26 bits per heavy atom. The second kappa shape index (κ2) is 5.73. The molecule has 1 rings (SSSR count). The summed E-state index contributed by atoms with van der Waals surface area (Å²) in [7, 11) is 1.10. The van der Waals surface area contributed by atoms with Gasteiger partial charge in [-0.05, 0) is 18.2 Å². The molecular formula is C12H11F3O4. The number of ketones is 1. The first kappa shape index (κ1) is 15.0. The predicted molar refractivity (Wildman–Crippen MR) is 59.0 cm³/mol. The van der Waals surface area contributed by atoms with E-state index in [4.69, 9.17) is 0 Å². The molecule has 0 aliphatic heterocycles. The molecule has 0 radical (unpaired) electrons. The minimum absolute atomic E-state index is 0.200. The fraction of sp³-hybridized carbons (Fsp3) is 0.333. The van der Waals surface area contributed by atoms with Crippen molar-refractivity contribution >= 4 is 11.8 Å². The lowest BCUT2D eigenvalue weighted by molar-refractivity contribution is -0.140. The van der Waals surface area contributed by atoms with E-state index in [1.54, 1.807) is 0 Å². The van der Waals surface area contributed by atoms with Gasteiger partial charge in [0.1, 0.15) is 5.75 Å². The number of esters is 1. The molecule has 0 unspecified atom stereocenters. The van der Waals surface area contributed by atoms with E-state index in [2.05, 4.69) is 9.47 Å². The maximum absolute atomic E-state index is 12.7. The first-order valence-electron chi connectivity index (χ1n) is 5.17. The van der Waals surface area contributed by atoms with Gasteiger partial charge in [0, 0.05) is 12.5 Å². The highest BCUT2D eigenvalue weighted by molar-refractivity contribution is 5.98. The van der Waals surface area contributed by atoms with Crippen molar-refractivity contribution in [2.45, 2.75) is 13.1 Å². The van der Waals surface area contributed by atoms with Gasteiger partial charge in [-0.3, -0.25) is 9.59 Å². The number of Topliss-reactive ketones (excluding diaryl/α,β-unsaturated/α-hetero) is 1.